The molecule has 0 saturated carbocycles. The van der Waals surface area contributed by atoms with Gasteiger partial charge in [0.2, 0.25) is 5.91 Å². The molecule has 0 bridgehead atoms. The van der Waals surface area contributed by atoms with Crippen LogP contribution >= 0.6 is 0 Å². The van der Waals surface area contributed by atoms with Gasteiger partial charge in [0.05, 0.1) is 12.5 Å². The maximum atomic E-state index is 11.7. The van der Waals surface area contributed by atoms with Crippen molar-refractivity contribution in [2.75, 3.05) is 19.7 Å². The summed E-state index contributed by atoms with van der Waals surface area (Å²) in [7, 11) is 0. The Kier molecular flexibility index (Phi) is 4.33. The van der Waals surface area contributed by atoms with Crippen molar-refractivity contribution in [3.8, 4) is 0 Å². The molecule has 1 heterocycles. The number of aliphatic carboxylic acids is 1. The van der Waals surface area contributed by atoms with E-state index in [1.54, 1.807) is 0 Å². The van der Waals surface area contributed by atoms with Gasteiger partial charge in [-0.3, -0.25) is 14.3 Å². The fraction of sp³-hybridized carbons (Fsp3) is 0.778. The number of piperidine rings is 1. The molecule has 1 aliphatic heterocycles. The number of carboxylic acids is 1. The lowest BCUT2D eigenvalue weighted by Crippen LogP contribution is -2.44. The van der Waals surface area contributed by atoms with Crippen molar-refractivity contribution in [3.63, 3.8) is 0 Å². The van der Waals surface area contributed by atoms with Crippen LogP contribution in [0.15, 0.2) is 0 Å². The summed E-state index contributed by atoms with van der Waals surface area (Å²) in [6.45, 7) is -0.987. The number of amides is 1. The number of carbonyl (C=O) groups excluding carboxylic acids is 1. The smallest absolute Gasteiger partial charge is 0.481 e. The van der Waals surface area contributed by atoms with E-state index in [1.165, 1.54) is 0 Å². The van der Waals surface area contributed by atoms with Crippen molar-refractivity contribution in [3.05, 3.63) is 0 Å². The van der Waals surface area contributed by atoms with Crippen LogP contribution in [0.5, 0.6) is 0 Å². The van der Waals surface area contributed by atoms with Crippen molar-refractivity contribution < 1.29 is 32.6 Å². The van der Waals surface area contributed by atoms with E-state index in [-0.39, 0.29) is 31.8 Å². The number of carboxylic acid groups (broad SMARTS) is 1. The van der Waals surface area contributed by atoms with Gasteiger partial charge in [0, 0.05) is 19.5 Å². The maximum absolute atomic E-state index is 11.7. The fourth-order valence-corrected chi connectivity index (χ4v) is 1.60. The quantitative estimate of drug-likeness (QED) is 0.808. The van der Waals surface area contributed by atoms with Gasteiger partial charge in [0.15, 0.2) is 0 Å². The molecule has 98 valence electrons. The molecule has 0 spiro atoms. The molecule has 1 amide bonds. The first-order chi connectivity index (χ1) is 7.79. The number of rotatable bonds is 4. The summed E-state index contributed by atoms with van der Waals surface area (Å²) in [5, 5.41) is 8.75. The summed E-state index contributed by atoms with van der Waals surface area (Å²) in [4.78, 5) is 23.1. The van der Waals surface area contributed by atoms with E-state index in [4.69, 9.17) is 5.11 Å². The molecule has 1 fully saturated rings. The minimum absolute atomic E-state index is 0.0446. The molecular weight excluding hydrogens is 243 g/mol. The third-order valence-electron chi connectivity index (χ3n) is 2.48. The van der Waals surface area contributed by atoms with Crippen LogP contribution < -0.4 is 0 Å². The molecule has 0 aromatic heterocycles. The Labute approximate surface area is 95.1 Å². The summed E-state index contributed by atoms with van der Waals surface area (Å²) in [6.07, 6.45) is -4.46. The second-order valence-corrected chi connectivity index (χ2v) is 3.71. The van der Waals surface area contributed by atoms with E-state index in [0.29, 0.717) is 0 Å². The van der Waals surface area contributed by atoms with Crippen LogP contribution in [0.25, 0.3) is 0 Å². The van der Waals surface area contributed by atoms with Crippen LogP contribution in [-0.4, -0.2) is 47.9 Å². The van der Waals surface area contributed by atoms with Gasteiger partial charge < -0.3 is 10.0 Å². The van der Waals surface area contributed by atoms with E-state index < -0.39 is 24.9 Å². The van der Waals surface area contributed by atoms with Gasteiger partial charge in [-0.15, -0.1) is 13.2 Å². The number of carbonyl (C=O) groups is 2. The van der Waals surface area contributed by atoms with Crippen molar-refractivity contribution in [1.29, 1.82) is 0 Å². The average Bonchev–Trinajstić information content (AvgIpc) is 2.18. The summed E-state index contributed by atoms with van der Waals surface area (Å²) in [6, 6.07) is 0. The Bertz CT molecular complexity index is 305. The topological polar surface area (TPSA) is 66.8 Å². The van der Waals surface area contributed by atoms with Crippen LogP contribution in [0.1, 0.15) is 12.8 Å². The third kappa shape index (κ3) is 4.59. The van der Waals surface area contributed by atoms with E-state index in [1.807, 2.05) is 0 Å². The Morgan fingerprint density at radius 3 is 2.71 bits per heavy atom. The van der Waals surface area contributed by atoms with Crippen molar-refractivity contribution in [1.82, 2.24) is 4.90 Å². The highest BCUT2D eigenvalue weighted by molar-refractivity contribution is 5.80. The molecule has 0 aromatic carbocycles. The second kappa shape index (κ2) is 5.35. The molecule has 1 aliphatic rings. The standard InChI is InChI=1S/C9H12F3NO4/c10-9(11,12)17-4-3-13-5-6(8(15)16)1-2-7(13)14/h6H,1-5H2,(H,15,16). The molecule has 1 atom stereocenters. The number of hydrogen-bond acceptors (Lipinski definition) is 3. The second-order valence-electron chi connectivity index (χ2n) is 3.71. The summed E-state index contributed by atoms with van der Waals surface area (Å²) < 4.78 is 38.6. The molecule has 0 radical (unpaired) electrons. The van der Waals surface area contributed by atoms with Gasteiger partial charge in [-0.25, -0.2) is 0 Å². The Morgan fingerprint density at radius 2 is 2.18 bits per heavy atom. The maximum Gasteiger partial charge on any atom is 0.522 e. The molecule has 1 saturated heterocycles. The van der Waals surface area contributed by atoms with Crippen LogP contribution in [0.3, 0.4) is 0 Å². The highest BCUT2D eigenvalue weighted by atomic mass is 19.4. The minimum Gasteiger partial charge on any atom is -0.481 e. The fourth-order valence-electron chi connectivity index (χ4n) is 1.60. The molecule has 1 N–H and O–H groups in total. The van der Waals surface area contributed by atoms with Gasteiger partial charge in [-0.2, -0.15) is 0 Å². The van der Waals surface area contributed by atoms with Crippen LogP contribution in [-0.2, 0) is 14.3 Å². The molecule has 0 aliphatic carbocycles. The summed E-state index contributed by atoms with van der Waals surface area (Å²) in [5.74, 6) is -2.09. The average molecular weight is 255 g/mol. The van der Waals surface area contributed by atoms with E-state index in [0.717, 1.165) is 4.90 Å². The molecule has 17 heavy (non-hydrogen) atoms. The van der Waals surface area contributed by atoms with Gasteiger partial charge in [-0.1, -0.05) is 0 Å². The number of alkyl halides is 3. The van der Waals surface area contributed by atoms with E-state index in [9.17, 15) is 22.8 Å². The monoisotopic (exact) mass is 255 g/mol. The number of likely N-dealkylation sites (tertiary alicyclic amines) is 1. The van der Waals surface area contributed by atoms with Gasteiger partial charge in [-0.05, 0) is 6.42 Å². The lowest BCUT2D eigenvalue weighted by Gasteiger charge is -2.30. The first-order valence-corrected chi connectivity index (χ1v) is 5.01. The minimum atomic E-state index is -4.73. The first-order valence-electron chi connectivity index (χ1n) is 5.01. The molecule has 5 nitrogen and oxygen atoms in total. The zero-order valence-electron chi connectivity index (χ0n) is 8.87. The number of hydrogen-bond donors (Lipinski definition) is 1. The highest BCUT2D eigenvalue weighted by Gasteiger charge is 2.32. The zero-order valence-corrected chi connectivity index (χ0v) is 8.87. The van der Waals surface area contributed by atoms with Crippen LogP contribution in [0, 0.1) is 5.92 Å². The Balaban J connectivity index is 2.40. The van der Waals surface area contributed by atoms with Crippen molar-refractivity contribution >= 4 is 11.9 Å². The predicted octanol–water partition coefficient (Wildman–Crippen LogP) is 0.846. The lowest BCUT2D eigenvalue weighted by atomic mass is 9.98. The largest absolute Gasteiger partial charge is 0.522 e. The van der Waals surface area contributed by atoms with E-state index in [2.05, 4.69) is 4.74 Å². The lowest BCUT2D eigenvalue weighted by molar-refractivity contribution is -0.325. The van der Waals surface area contributed by atoms with Crippen LogP contribution in [0.4, 0.5) is 13.2 Å². The van der Waals surface area contributed by atoms with Gasteiger partial charge in [0.1, 0.15) is 0 Å². The summed E-state index contributed by atoms with van der Waals surface area (Å²) >= 11 is 0. The first kappa shape index (κ1) is 13.8. The van der Waals surface area contributed by atoms with Crippen molar-refractivity contribution in [2.45, 2.75) is 19.2 Å². The van der Waals surface area contributed by atoms with Gasteiger partial charge in [0.25, 0.3) is 0 Å². The SMILES string of the molecule is O=C(O)C1CCC(=O)N(CCOC(F)(F)F)C1. The molecular formula is C9H12F3NO4. The summed E-state index contributed by atoms with van der Waals surface area (Å²) in [5.41, 5.74) is 0. The molecule has 0 aromatic rings. The zero-order chi connectivity index (χ0) is 13.1. The van der Waals surface area contributed by atoms with E-state index >= 15 is 0 Å². The number of ether oxygens (including phenoxy) is 1. The van der Waals surface area contributed by atoms with Gasteiger partial charge >= 0.3 is 12.3 Å². The molecule has 1 rings (SSSR count). The van der Waals surface area contributed by atoms with Crippen LogP contribution in [0.2, 0.25) is 0 Å². The molecule has 8 heteroatoms. The highest BCUT2D eigenvalue weighted by Crippen LogP contribution is 2.19. The normalized spacial score (nSPS) is 21.7. The van der Waals surface area contributed by atoms with Crippen molar-refractivity contribution in [2.24, 2.45) is 5.92 Å². The third-order valence-corrected chi connectivity index (χ3v) is 2.48. The number of nitrogens with zero attached hydrogens (tertiary/aromatic N) is 1. The number of halogens is 3. The Hall–Kier alpha value is -1.31. The molecule has 1 unspecified atom stereocenters. The predicted molar refractivity (Wildman–Crippen MR) is 48.9 cm³/mol. The Morgan fingerprint density at radius 1 is 1.53 bits per heavy atom.